The number of ether oxygens (including phenoxy) is 1. The molecule has 0 aromatic heterocycles. The van der Waals surface area contributed by atoms with Crippen LogP contribution in [0.25, 0.3) is 22.3 Å². The Morgan fingerprint density at radius 1 is 0.542 bits per heavy atom. The Bertz CT molecular complexity index is 1960. The molecule has 59 heavy (non-hydrogen) atoms. The molecule has 4 saturated heterocycles. The minimum atomic E-state index is 0.267. The van der Waals surface area contributed by atoms with Crippen molar-refractivity contribution in [1.82, 2.24) is 19.6 Å². The van der Waals surface area contributed by atoms with Gasteiger partial charge in [-0.05, 0) is 148 Å². The Hall–Kier alpha value is -3.36. The monoisotopic (exact) mass is 795 g/mol. The Kier molecular flexibility index (Phi) is 13.0. The summed E-state index contributed by atoms with van der Waals surface area (Å²) in [7, 11) is 1.86. The summed E-state index contributed by atoms with van der Waals surface area (Å²) >= 11 is 0. The summed E-state index contributed by atoms with van der Waals surface area (Å²) in [5.74, 6) is 2.95. The van der Waals surface area contributed by atoms with Crippen molar-refractivity contribution >= 4 is 0 Å². The van der Waals surface area contributed by atoms with Crippen molar-refractivity contribution in [3.63, 3.8) is 0 Å². The molecule has 4 heterocycles. The van der Waals surface area contributed by atoms with Crippen LogP contribution in [-0.4, -0.2) is 122 Å². The van der Waals surface area contributed by atoms with Crippen LogP contribution in [0.1, 0.15) is 85.5 Å². The number of rotatable bonds is 11. The molecule has 6 nitrogen and oxygen atoms in total. The summed E-state index contributed by atoms with van der Waals surface area (Å²) < 4.78 is 5.67. The second kappa shape index (κ2) is 18.7. The predicted molar refractivity (Wildman–Crippen MR) is 243 cm³/mol. The van der Waals surface area contributed by atoms with Gasteiger partial charge in [-0.15, -0.1) is 0 Å². The summed E-state index contributed by atoms with van der Waals surface area (Å²) in [4.78, 5) is 10.8. The van der Waals surface area contributed by atoms with Crippen LogP contribution in [0, 0.1) is 25.7 Å². The summed E-state index contributed by atoms with van der Waals surface area (Å²) in [6, 6.07) is 37.9. The highest BCUT2D eigenvalue weighted by atomic mass is 16.5. The Morgan fingerprint density at radius 3 is 1.39 bits per heavy atom. The number of nitrogens with zero attached hydrogens (tertiary/aromatic N) is 4. The van der Waals surface area contributed by atoms with Crippen molar-refractivity contribution in [1.29, 1.82) is 0 Å². The number of hydrogen-bond acceptors (Lipinski definition) is 6. The number of fused-ring (bicyclic) bond motifs is 2. The van der Waals surface area contributed by atoms with Crippen molar-refractivity contribution in [3.8, 4) is 22.3 Å². The molecule has 6 atom stereocenters. The molecule has 4 aliphatic heterocycles. The molecule has 0 unspecified atom stereocenters. The van der Waals surface area contributed by atoms with E-state index < -0.39 is 0 Å². The van der Waals surface area contributed by atoms with Crippen LogP contribution in [0.5, 0.6) is 0 Å². The van der Waals surface area contributed by atoms with Crippen molar-refractivity contribution in [3.05, 3.63) is 119 Å². The molecule has 0 amide bonds. The lowest BCUT2D eigenvalue weighted by atomic mass is 9.74. The van der Waals surface area contributed by atoms with E-state index in [2.05, 4.69) is 131 Å². The van der Waals surface area contributed by atoms with Gasteiger partial charge in [-0.3, -0.25) is 9.80 Å². The van der Waals surface area contributed by atoms with E-state index in [0.717, 1.165) is 31.5 Å². The van der Waals surface area contributed by atoms with Crippen LogP contribution in [0.2, 0.25) is 0 Å². The quantitative estimate of drug-likeness (QED) is 0.163. The number of aliphatic hydroxyl groups is 1. The van der Waals surface area contributed by atoms with Gasteiger partial charge in [0.15, 0.2) is 0 Å². The van der Waals surface area contributed by atoms with Crippen molar-refractivity contribution in [2.24, 2.45) is 11.8 Å². The molecule has 0 spiro atoms. The molecule has 6 fully saturated rings. The van der Waals surface area contributed by atoms with Crippen molar-refractivity contribution in [2.75, 3.05) is 72.7 Å². The van der Waals surface area contributed by atoms with Gasteiger partial charge in [0, 0.05) is 69.3 Å². The second-order valence-electron chi connectivity index (χ2n) is 19.1. The van der Waals surface area contributed by atoms with Gasteiger partial charge in [-0.1, -0.05) is 97.1 Å². The maximum absolute atomic E-state index is 10.2. The predicted octanol–water partition coefficient (Wildman–Crippen LogP) is 9.25. The van der Waals surface area contributed by atoms with Gasteiger partial charge in [-0.25, -0.2) is 0 Å². The van der Waals surface area contributed by atoms with Gasteiger partial charge < -0.3 is 19.6 Å². The normalized spacial score (nSPS) is 28.0. The maximum atomic E-state index is 10.2. The zero-order valence-electron chi connectivity index (χ0n) is 36.2. The first-order valence-corrected chi connectivity index (χ1v) is 23.4. The van der Waals surface area contributed by atoms with Gasteiger partial charge in [-0.2, -0.15) is 0 Å². The molecule has 4 aromatic carbocycles. The Labute approximate surface area is 355 Å². The molecule has 6 heteroatoms. The Morgan fingerprint density at radius 2 is 0.966 bits per heavy atom. The molecule has 0 radical (unpaired) electrons. The third-order valence-electron chi connectivity index (χ3n) is 15.0. The number of aliphatic hydroxyl groups excluding tert-OH is 1. The molecule has 4 aromatic rings. The third kappa shape index (κ3) is 9.29. The van der Waals surface area contributed by atoms with Gasteiger partial charge in [0.1, 0.15) is 0 Å². The van der Waals surface area contributed by atoms with E-state index in [1.807, 2.05) is 7.11 Å². The van der Waals surface area contributed by atoms with E-state index in [-0.39, 0.29) is 12.6 Å². The van der Waals surface area contributed by atoms with E-state index >= 15 is 0 Å². The van der Waals surface area contributed by atoms with Crippen LogP contribution >= 0.6 is 0 Å². The molecule has 2 saturated carbocycles. The molecule has 6 aliphatic rings. The Balaban J connectivity index is 0.000000152. The first kappa shape index (κ1) is 41.0. The van der Waals surface area contributed by atoms with E-state index in [4.69, 9.17) is 4.74 Å². The van der Waals surface area contributed by atoms with Crippen LogP contribution in [-0.2, 0) is 4.74 Å². The van der Waals surface area contributed by atoms with E-state index in [9.17, 15) is 5.11 Å². The average molecular weight is 795 g/mol. The van der Waals surface area contributed by atoms with E-state index in [0.29, 0.717) is 30.0 Å². The summed E-state index contributed by atoms with van der Waals surface area (Å²) in [5.41, 5.74) is 10.8. The number of hydrogen-bond donors (Lipinski definition) is 1. The van der Waals surface area contributed by atoms with Crippen LogP contribution < -0.4 is 0 Å². The van der Waals surface area contributed by atoms with Crippen LogP contribution in [0.4, 0.5) is 0 Å². The summed E-state index contributed by atoms with van der Waals surface area (Å²) in [5, 5.41) is 10.2. The maximum Gasteiger partial charge on any atom is 0.0624 e. The zero-order chi connectivity index (χ0) is 40.3. The lowest BCUT2D eigenvalue weighted by Gasteiger charge is -2.57. The fourth-order valence-corrected chi connectivity index (χ4v) is 11.4. The average Bonchev–Trinajstić information content (AvgIpc) is 4.19. The molecule has 314 valence electrons. The number of methoxy groups -OCH3 is 1. The fraction of sp³-hybridized carbons (Fsp3) is 0.547. The van der Waals surface area contributed by atoms with Crippen molar-refractivity contribution < 1.29 is 9.84 Å². The minimum absolute atomic E-state index is 0.267. The van der Waals surface area contributed by atoms with E-state index in [1.165, 1.54) is 135 Å². The lowest BCUT2D eigenvalue weighted by molar-refractivity contribution is -0.0720. The minimum Gasteiger partial charge on any atom is -0.395 e. The van der Waals surface area contributed by atoms with E-state index in [1.54, 1.807) is 0 Å². The molecule has 2 aliphatic carbocycles. The SMILES string of the molecule is COC[C@@H]1[C@H](c2ccc(-c3ccccc3C)cc2)[C@@H]2CN(CC3CC3)CCCCN12.Cc1ccccc1-c1ccc([C@H]2[C@@H](CO)N3CCCCN(CC4CC4)C[C@@H]23)cc1. The molecule has 10 rings (SSSR count). The molecule has 0 bridgehead atoms. The van der Waals surface area contributed by atoms with Crippen LogP contribution in [0.3, 0.4) is 0 Å². The molecular formula is C53H70N4O2. The highest BCUT2D eigenvalue weighted by Crippen LogP contribution is 2.45. The highest BCUT2D eigenvalue weighted by molar-refractivity contribution is 5.68. The largest absolute Gasteiger partial charge is 0.395 e. The van der Waals surface area contributed by atoms with Gasteiger partial charge in [0.05, 0.1) is 13.2 Å². The standard InChI is InChI=1S/C27H36N2O.C26H34N2O/c1-20-7-3-4-8-24(20)22-11-13-23(14-12-22)27-25-18-28(17-21-9-10-21)15-5-6-16-29(25)26(27)19-30-2;1-19-6-2-3-7-23(19)21-10-12-22(13-11-21)26-24-17-27(16-20-8-9-20)14-4-5-15-28(24)25(26)18-29/h3-4,7-8,11-14,21,25-27H,5-6,9-10,15-19H2,1-2H3;2-3,6-7,10-13,20,24-26,29H,4-5,8-9,14-18H2,1H3/t25-,26+,27+;24-,25+,26+/m00/s1. The van der Waals surface area contributed by atoms with Crippen LogP contribution in [0.15, 0.2) is 97.1 Å². The number of benzene rings is 4. The summed E-state index contributed by atoms with van der Waals surface area (Å²) in [6.45, 7) is 15.4. The third-order valence-corrected chi connectivity index (χ3v) is 15.0. The first-order chi connectivity index (χ1) is 29.0. The van der Waals surface area contributed by atoms with Gasteiger partial charge in [0.25, 0.3) is 0 Å². The first-order valence-electron chi connectivity index (χ1n) is 23.4. The molecule has 1 N–H and O–H groups in total. The molecular weight excluding hydrogens is 725 g/mol. The topological polar surface area (TPSA) is 42.4 Å². The van der Waals surface area contributed by atoms with Crippen molar-refractivity contribution in [2.45, 2.75) is 101 Å². The smallest absolute Gasteiger partial charge is 0.0624 e. The number of aryl methyl sites for hydroxylation is 2. The lowest BCUT2D eigenvalue weighted by Crippen LogP contribution is -2.67. The second-order valence-corrected chi connectivity index (χ2v) is 19.1. The fourth-order valence-electron chi connectivity index (χ4n) is 11.4. The zero-order valence-corrected chi connectivity index (χ0v) is 36.2. The van der Waals surface area contributed by atoms with Gasteiger partial charge in [0.2, 0.25) is 0 Å². The van der Waals surface area contributed by atoms with Gasteiger partial charge >= 0.3 is 0 Å². The highest BCUT2D eigenvalue weighted by Gasteiger charge is 2.50. The summed E-state index contributed by atoms with van der Waals surface area (Å²) in [6.07, 6.45) is 10.9.